The van der Waals surface area contributed by atoms with E-state index in [4.69, 9.17) is 51.2 Å². The number of nitrogens with one attached hydrogen (secondary N) is 3. The lowest BCUT2D eigenvalue weighted by Crippen LogP contribution is -2.43. The van der Waals surface area contributed by atoms with Crippen molar-refractivity contribution in [1.82, 2.24) is 38.2 Å². The van der Waals surface area contributed by atoms with E-state index in [1.807, 2.05) is 9.97 Å². The van der Waals surface area contributed by atoms with Crippen molar-refractivity contribution in [2.45, 2.75) is 144 Å². The molecule has 4 fully saturated rings. The van der Waals surface area contributed by atoms with Gasteiger partial charge in [0.2, 0.25) is 0 Å². The van der Waals surface area contributed by atoms with Crippen LogP contribution in [0.25, 0.3) is 0 Å². The van der Waals surface area contributed by atoms with Crippen LogP contribution in [0, 0.1) is 4.77 Å². The van der Waals surface area contributed by atoms with Gasteiger partial charge in [-0.25, -0.2) is 27.2 Å². The number of alkyl halides is 4. The highest BCUT2D eigenvalue weighted by molar-refractivity contribution is 7.71. The van der Waals surface area contributed by atoms with Gasteiger partial charge in [-0.15, -0.1) is 0 Å². The third kappa shape index (κ3) is 12.1. The summed E-state index contributed by atoms with van der Waals surface area (Å²) in [4.78, 5) is 77.2. The van der Waals surface area contributed by atoms with Gasteiger partial charge in [0, 0.05) is 49.1 Å². The molecular weight excluding hydrogens is 1020 g/mol. The van der Waals surface area contributed by atoms with Gasteiger partial charge in [0.1, 0.15) is 42.7 Å². The number of hydrogen-bond donors (Lipinski definition) is 10. The van der Waals surface area contributed by atoms with Crippen molar-refractivity contribution >= 4 is 12.2 Å². The van der Waals surface area contributed by atoms with Crippen molar-refractivity contribution < 1.29 is 77.0 Å². The van der Waals surface area contributed by atoms with Crippen LogP contribution < -0.4 is 38.4 Å². The number of aromatic nitrogens is 8. The molecule has 8 rings (SSSR count). The highest BCUT2D eigenvalue weighted by Gasteiger charge is 2.58. The quantitative estimate of drug-likeness (QED) is 0.0604. The Labute approximate surface area is 419 Å². The summed E-state index contributed by atoms with van der Waals surface area (Å²) in [6.07, 6.45) is -9.58. The molecule has 0 bridgehead atoms. The lowest BCUT2D eigenvalue weighted by atomic mass is 9.97. The monoisotopic (exact) mass is 1080 g/mol. The summed E-state index contributed by atoms with van der Waals surface area (Å²) in [6.45, 7) is 6.64. The summed E-state index contributed by atoms with van der Waals surface area (Å²) in [5.41, 5.74) is -12.4. The van der Waals surface area contributed by atoms with Gasteiger partial charge in [0.05, 0.1) is 32.5 Å². The number of H-pyrrole nitrogens is 3. The second kappa shape index (κ2) is 23.5. The van der Waals surface area contributed by atoms with Crippen LogP contribution in [0.4, 0.5) is 17.6 Å². The number of aliphatic hydroxyl groups is 7. The third-order valence-electron chi connectivity index (χ3n) is 12.5. The number of rotatable bonds is 10. The smallest absolute Gasteiger partial charge is 0.330 e. The number of halogens is 4. The molecular formula is C43H58F4N8O18S. The Kier molecular flexibility index (Phi) is 18.9. The first-order valence-corrected chi connectivity index (χ1v) is 23.0. The maximum atomic E-state index is 14.6. The molecule has 4 aliphatic rings. The normalized spacial score (nSPS) is 35.2. The molecule has 4 saturated heterocycles. The summed E-state index contributed by atoms with van der Waals surface area (Å²) in [5.74, 6) is 0. The Morgan fingerprint density at radius 2 is 0.878 bits per heavy atom. The minimum atomic E-state index is -2.25. The first-order chi connectivity index (χ1) is 34.5. The maximum absolute atomic E-state index is 14.6. The average molecular weight is 1080 g/mol. The number of aromatic amines is 3. The molecule has 0 spiro atoms. The van der Waals surface area contributed by atoms with Crippen molar-refractivity contribution in [3.05, 3.63) is 116 Å². The molecule has 4 unspecified atom stereocenters. The highest BCUT2D eigenvalue weighted by atomic mass is 32.1. The summed E-state index contributed by atoms with van der Waals surface area (Å²) >= 11 is 4.91. The van der Waals surface area contributed by atoms with Gasteiger partial charge < -0.3 is 59.4 Å². The van der Waals surface area contributed by atoms with Crippen LogP contribution in [0.15, 0.2) is 77.8 Å². The first-order valence-electron chi connectivity index (χ1n) is 22.6. The molecule has 4 aromatic rings. The predicted octanol–water partition coefficient (Wildman–Crippen LogP) is -2.05. The lowest BCUT2D eigenvalue weighted by molar-refractivity contribution is -0.0632. The second-order valence-corrected chi connectivity index (χ2v) is 18.3. The van der Waals surface area contributed by atoms with Gasteiger partial charge in [0.25, 0.3) is 22.2 Å². The van der Waals surface area contributed by atoms with Crippen molar-refractivity contribution in [2.24, 2.45) is 0 Å². The summed E-state index contributed by atoms with van der Waals surface area (Å²) < 4.78 is 88.2. The number of hydrogen-bond acceptors (Lipinski definition) is 20. The number of ether oxygens (including phenoxy) is 5. The van der Waals surface area contributed by atoms with E-state index in [0.29, 0.717) is 6.42 Å². The minimum absolute atomic E-state index is 0.0119. The molecule has 0 aromatic carbocycles. The molecule has 74 heavy (non-hydrogen) atoms. The molecule has 4 aliphatic heterocycles. The molecule has 16 atom stereocenters. The Morgan fingerprint density at radius 3 is 1.20 bits per heavy atom. The second-order valence-electron chi connectivity index (χ2n) is 17.9. The van der Waals surface area contributed by atoms with Crippen LogP contribution in [-0.2, 0) is 18.9 Å². The Morgan fingerprint density at radius 1 is 0.554 bits per heavy atom. The van der Waals surface area contributed by atoms with Crippen molar-refractivity contribution in [3.63, 3.8) is 0 Å². The van der Waals surface area contributed by atoms with Crippen LogP contribution in [0.3, 0.4) is 0 Å². The molecule has 0 radical (unpaired) electrons. The van der Waals surface area contributed by atoms with Crippen molar-refractivity contribution in [3.8, 4) is 6.01 Å². The first kappa shape index (κ1) is 59.3. The van der Waals surface area contributed by atoms with E-state index >= 15 is 0 Å². The summed E-state index contributed by atoms with van der Waals surface area (Å²) in [7, 11) is 0. The fraction of sp³-hybridized carbons (Fsp3) is 0.628. The van der Waals surface area contributed by atoms with Crippen LogP contribution >= 0.6 is 12.2 Å². The third-order valence-corrected chi connectivity index (χ3v) is 12.8. The molecule has 0 saturated carbocycles. The van der Waals surface area contributed by atoms with Crippen molar-refractivity contribution in [1.29, 1.82) is 0 Å². The van der Waals surface area contributed by atoms with Crippen molar-refractivity contribution in [2.75, 3.05) is 26.4 Å². The van der Waals surface area contributed by atoms with E-state index in [1.165, 1.54) is 34.5 Å². The summed E-state index contributed by atoms with van der Waals surface area (Å²) in [6, 6.07) is 4.36. The highest BCUT2D eigenvalue weighted by Crippen LogP contribution is 2.44. The van der Waals surface area contributed by atoms with Gasteiger partial charge in [-0.2, -0.15) is 4.98 Å². The largest absolute Gasteiger partial charge is 0.465 e. The zero-order valence-electron chi connectivity index (χ0n) is 40.4. The minimum Gasteiger partial charge on any atom is -0.465 e. The molecule has 4 aromatic heterocycles. The van der Waals surface area contributed by atoms with Crippen LogP contribution in [-0.4, -0.2) is 172 Å². The van der Waals surface area contributed by atoms with Gasteiger partial charge in [-0.05, 0) is 53.3 Å². The zero-order chi connectivity index (χ0) is 55.4. The van der Waals surface area contributed by atoms with E-state index in [0.717, 1.165) is 60.5 Å². The zero-order valence-corrected chi connectivity index (χ0v) is 41.2. The SMILES string of the molecule is CC1(F)[C@@H](O)[C@@H](CO)O[C@H]1n1ccc(=O)[nH]c1=O.CC1(F)[C@@H](O)[C@@H](CO)O[C@H]1n1ccc(=O)[nH]c1=S.CCOc1nc(=O)ccn1[C@@H]1O[C@H](CO)[C@H](O)C1(C)F.CC[C@H]1O[C@@H](n2ccc(=O)[nH]c2=O)C(C)(F)[C@H]1O. The maximum Gasteiger partial charge on any atom is 0.330 e. The average Bonchev–Trinajstić information content (AvgIpc) is 3.90. The van der Waals surface area contributed by atoms with E-state index in [9.17, 15) is 66.8 Å². The molecule has 8 heterocycles. The fourth-order valence-corrected chi connectivity index (χ4v) is 8.53. The number of aliphatic hydroxyl groups excluding tert-OH is 7. The molecule has 412 valence electrons. The topological polar surface area (TPSA) is 370 Å². The molecule has 31 heteroatoms. The number of nitrogens with zero attached hydrogens (tertiary/aromatic N) is 5. The van der Waals surface area contributed by atoms with Gasteiger partial charge >= 0.3 is 17.4 Å². The van der Waals surface area contributed by atoms with Crippen LogP contribution in [0.5, 0.6) is 6.01 Å². The van der Waals surface area contributed by atoms with Crippen LogP contribution in [0.2, 0.25) is 0 Å². The predicted molar refractivity (Wildman–Crippen MR) is 247 cm³/mol. The van der Waals surface area contributed by atoms with Gasteiger partial charge in [-0.3, -0.25) is 52.4 Å². The summed E-state index contributed by atoms with van der Waals surface area (Å²) in [5, 5.41) is 66.0. The van der Waals surface area contributed by atoms with E-state index < -0.39 is 150 Å². The standard InChI is InChI=1S/C12H17FN2O5.C11H15FN2O4.C10H13FN2O5.C10H13FN2O4S/c1-3-19-11-14-8(17)4-5-15(11)10-12(2,13)9(18)7(6-16)20-10;1-3-6-8(16)11(2,12)9(18-6)14-5-4-7(15)13-10(14)17;1-10(11)7(16)5(4-14)18-8(10)13-3-2-6(15)12-9(13)17;1-10(11)7(16)5(4-14)17-8(10)13-3-2-6(15)12-9(13)18/h4-5,7,9-10,16,18H,3,6H2,1-2H3;4-6,8-9,16H,3H2,1-2H3,(H,13,15,17);2-3,5,7-8,14,16H,4H2,1H3,(H,12,15,17);2-3,5,7-8,14,16H,4H2,1H3,(H,12,15,18)/t7-,9+,10-,12?;6-,8+,9-,11?;2*5-,7+,8-,10?/m1111/s1. The molecule has 0 amide bonds. The molecule has 26 nitrogen and oxygen atoms in total. The Balaban J connectivity index is 0.000000183. The fourth-order valence-electron chi connectivity index (χ4n) is 8.28. The van der Waals surface area contributed by atoms with E-state index in [1.54, 1.807) is 13.8 Å². The van der Waals surface area contributed by atoms with Gasteiger partial charge in [0.15, 0.2) is 52.4 Å². The molecule has 0 aliphatic carbocycles. The van der Waals surface area contributed by atoms with Gasteiger partial charge in [-0.1, -0.05) is 6.92 Å². The van der Waals surface area contributed by atoms with E-state index in [2.05, 4.69) is 9.97 Å². The Bertz CT molecular complexity index is 2740. The lowest BCUT2D eigenvalue weighted by Gasteiger charge is -2.26. The Hall–Kier alpha value is -5.58. The molecule has 10 N–H and O–H groups in total. The van der Waals surface area contributed by atoms with E-state index in [-0.39, 0.29) is 17.4 Å². The van der Waals surface area contributed by atoms with Crippen LogP contribution in [0.1, 0.15) is 72.9 Å².